The molecule has 2 unspecified atom stereocenters. The molecule has 14 rings (SSSR count). The van der Waals surface area contributed by atoms with Crippen LogP contribution < -0.4 is 63.8 Å². The molecule has 0 spiro atoms. The molecule has 5 aliphatic rings. The normalized spacial score (nSPS) is 18.1. The van der Waals surface area contributed by atoms with Crippen LogP contribution in [0.1, 0.15) is 150 Å². The minimum Gasteiger partial charge on any atom is -0.376 e. The molecule has 12 N–H and O–H groups in total. The Kier molecular flexibility index (Phi) is 39.6. The molecule has 0 bridgehead atoms. The highest BCUT2D eigenvalue weighted by molar-refractivity contribution is 7.11. The lowest BCUT2D eigenvalue weighted by atomic mass is 9.96. The van der Waals surface area contributed by atoms with Crippen LogP contribution in [0, 0.1) is 5.92 Å². The smallest absolute Gasteiger partial charge is 0.250 e. The van der Waals surface area contributed by atoms with E-state index in [1.165, 1.54) is 28.9 Å². The highest BCUT2D eigenvalue weighted by Crippen LogP contribution is 2.38. The van der Waals surface area contributed by atoms with Crippen LogP contribution in [0.2, 0.25) is 5.02 Å². The molecule has 744 valence electrons. The van der Waals surface area contributed by atoms with Gasteiger partial charge in [0.2, 0.25) is 70.9 Å². The number of nitrogens with zero attached hydrogens (tertiary/aromatic N) is 12. The first-order valence-corrected chi connectivity index (χ1v) is 49.9. The van der Waals surface area contributed by atoms with Gasteiger partial charge in [0.05, 0.1) is 35.4 Å². The molecule has 4 aromatic heterocycles. The molecule has 4 saturated heterocycles. The van der Waals surface area contributed by atoms with Crippen molar-refractivity contribution in [3.63, 3.8) is 0 Å². The number of nitrogens with one attached hydrogen (secondary N) is 12. The van der Waals surface area contributed by atoms with Gasteiger partial charge in [0.25, 0.3) is 0 Å². The molecule has 1 saturated carbocycles. The molecule has 0 radical (unpaired) electrons. The molecule has 1 aliphatic carbocycles. The van der Waals surface area contributed by atoms with Crippen molar-refractivity contribution in [2.45, 2.75) is 223 Å². The third kappa shape index (κ3) is 28.0. The zero-order chi connectivity index (χ0) is 100. The van der Waals surface area contributed by atoms with Gasteiger partial charge in [0.1, 0.15) is 91.1 Å². The summed E-state index contributed by atoms with van der Waals surface area (Å²) in [5.41, 5.74) is 4.39. The number of amides is 12. The second-order valence-electron chi connectivity index (χ2n) is 35.5. The van der Waals surface area contributed by atoms with E-state index in [1.807, 2.05) is 121 Å². The Hall–Kier alpha value is -12.0. The van der Waals surface area contributed by atoms with Crippen molar-refractivity contribution in [1.82, 2.24) is 100 Å². The number of aromatic nitrogens is 8. The minimum atomic E-state index is -0.980. The fourth-order valence-corrected chi connectivity index (χ4v) is 19.1. The average molecular weight is 2000 g/mol. The van der Waals surface area contributed by atoms with Crippen LogP contribution in [0.25, 0.3) is 45.0 Å². The first-order valence-electron chi connectivity index (χ1n) is 46.5. The molecule has 12 amide bonds. The predicted molar refractivity (Wildman–Crippen MR) is 536 cm³/mol. The summed E-state index contributed by atoms with van der Waals surface area (Å²) in [6, 6.07) is 36.7. The summed E-state index contributed by atoms with van der Waals surface area (Å²) in [5, 5.41) is 54.0. The quantitative estimate of drug-likeness (QED) is 0.0176. The summed E-state index contributed by atoms with van der Waals surface area (Å²) in [7, 11) is 9.70. The maximum atomic E-state index is 13.7. The molecule has 12 atom stereocenters. The van der Waals surface area contributed by atoms with Gasteiger partial charge in [-0.3, -0.25) is 57.5 Å². The van der Waals surface area contributed by atoms with Crippen molar-refractivity contribution in [3.05, 3.63) is 156 Å². The van der Waals surface area contributed by atoms with Crippen LogP contribution >= 0.6 is 57.7 Å². The number of carbonyl (C=O) groups is 12. The van der Waals surface area contributed by atoms with E-state index in [-0.39, 0.29) is 70.9 Å². The van der Waals surface area contributed by atoms with Gasteiger partial charge in [0.15, 0.2) is 0 Å². The van der Waals surface area contributed by atoms with Crippen LogP contribution in [-0.2, 0) is 67.0 Å². The summed E-state index contributed by atoms with van der Waals surface area (Å²) in [4.78, 5) is 164. The summed E-state index contributed by atoms with van der Waals surface area (Å²) >= 11 is 10.4. The van der Waals surface area contributed by atoms with Gasteiger partial charge >= 0.3 is 0 Å². The van der Waals surface area contributed by atoms with Gasteiger partial charge in [-0.25, -0.2) is 0 Å². The Morgan fingerprint density at radius 3 is 0.928 bits per heavy atom. The number of likely N-dealkylation sites (N-methyl/N-ethyl adjacent to an activating group) is 4. The Bertz CT molecular complexity index is 5460. The van der Waals surface area contributed by atoms with Crippen LogP contribution in [0.3, 0.4) is 0 Å². The molecule has 5 aromatic carbocycles. The van der Waals surface area contributed by atoms with Crippen molar-refractivity contribution in [2.75, 3.05) is 89.9 Å². The van der Waals surface area contributed by atoms with Gasteiger partial charge in [-0.05, 0) is 165 Å². The van der Waals surface area contributed by atoms with E-state index in [0.29, 0.717) is 137 Å². The molecule has 4 aliphatic heterocycles. The van der Waals surface area contributed by atoms with Gasteiger partial charge in [-0.15, -0.1) is 20.4 Å². The number of rotatable bonds is 35. The maximum absolute atomic E-state index is 13.7. The van der Waals surface area contributed by atoms with E-state index in [1.54, 1.807) is 113 Å². The second-order valence-corrected chi connectivity index (χ2v) is 38.9. The van der Waals surface area contributed by atoms with Gasteiger partial charge in [-0.1, -0.05) is 189 Å². The number of benzene rings is 5. The molecule has 5 fully saturated rings. The Labute approximate surface area is 830 Å². The van der Waals surface area contributed by atoms with Crippen molar-refractivity contribution < 1.29 is 67.0 Å². The van der Waals surface area contributed by atoms with Crippen LogP contribution in [0.5, 0.6) is 0 Å². The standard InChI is InChI=1S/C25H27ClN6O3S.C25H34N6O3S.2C23H32N6O4S/c1-15(27-2)22(33)28-21(17-10-12-18(26)13-11-17)25(35)32-14-6-9-19(32)23(34)29-24-20(30-31-36-24)16-7-4-3-5-8-16;1-16(26-2)22(32)27-19(15-17-9-6-7-10-17)25(34)31-14-8-13-20(31)23(33)28-24-21(29-30-35-24)18-11-4-3-5-12-18;2*1-14(24-4)19(30)25-18(23(2,3)33-5)22(32)29-13-9-12-16(29)20(31)26-21-17(27-28-34-21)15-10-7-6-8-11-15/h3-5,7-8,10-13,15,19,21,27H,6,9,14H2,1-2H3,(H,28,33)(H,29,34);3-5,11-12,16-17,19-20,26H,6-10,13-15H2,1-2H3,(H,27,32)(H,28,33);2*6-8,10-11,14,16,18,24H,9,12-13H2,1-5H3,(H,25,30)(H,26,31)/t15-,19-,21-;16-,19-,20-;2*14-,16-,18?/m0000/s1. The average Bonchev–Trinajstić information content (AvgIpc) is 1.74. The number of hydrogen-bond acceptors (Lipinski definition) is 30. The summed E-state index contributed by atoms with van der Waals surface area (Å²) in [5.74, 6) is -3.16. The second kappa shape index (κ2) is 51.3. The van der Waals surface area contributed by atoms with Crippen LogP contribution in [0.4, 0.5) is 20.0 Å². The molecule has 9 aromatic rings. The van der Waals surface area contributed by atoms with Crippen molar-refractivity contribution in [2.24, 2.45) is 5.92 Å². The number of hydrogen-bond donors (Lipinski definition) is 12. The van der Waals surface area contributed by atoms with Crippen molar-refractivity contribution >= 4 is 149 Å². The Balaban J connectivity index is 0.000000178. The fourth-order valence-electron chi connectivity index (χ4n) is 16.6. The third-order valence-electron chi connectivity index (χ3n) is 25.7. The summed E-state index contributed by atoms with van der Waals surface area (Å²) in [6.07, 6.45) is 9.99. The zero-order valence-corrected chi connectivity index (χ0v) is 84.5. The van der Waals surface area contributed by atoms with Gasteiger partial charge in [0, 0.05) is 114 Å². The number of anilines is 4. The van der Waals surface area contributed by atoms with E-state index < -0.39 is 83.7 Å². The van der Waals surface area contributed by atoms with Crippen LogP contribution in [-0.4, -0.2) is 275 Å². The van der Waals surface area contributed by atoms with Gasteiger partial charge in [-0.2, -0.15) is 0 Å². The highest BCUT2D eigenvalue weighted by atomic mass is 35.5. The summed E-state index contributed by atoms with van der Waals surface area (Å²) < 4.78 is 27.1. The highest BCUT2D eigenvalue weighted by Gasteiger charge is 2.48. The number of methoxy groups -OCH3 is 2. The molecule has 38 nitrogen and oxygen atoms in total. The minimum absolute atomic E-state index is 0.170. The fraction of sp³-hybridized carbons (Fsp3) is 0.479. The zero-order valence-electron chi connectivity index (χ0n) is 80.5. The van der Waals surface area contributed by atoms with E-state index in [9.17, 15) is 57.5 Å². The SMILES string of the molecule is CN[C@@H](C)C(=O)NC(C(=O)N1CCC[C@H]1C(=O)Nc1snnc1-c1ccccc1)C(C)(C)OC.CN[C@@H](C)C(=O)NC(C(=O)N1CCC[C@H]1C(=O)Nc1snnc1-c1ccccc1)C(C)(C)OC.CN[C@@H](C)C(=O)N[C@@H](CC1CCCC1)C(=O)N1CCC[C@H]1C(=O)Nc1snnc1-c1ccccc1.CN[C@@H](C)C(=O)N[C@H](C(=O)N1CCC[C@H]1C(=O)Nc1snnc1-c1ccccc1)c1ccc(Cl)cc1. The lowest BCUT2D eigenvalue weighted by Crippen LogP contribution is -2.62. The topological polar surface area (TPSA) is 484 Å². The van der Waals surface area contributed by atoms with E-state index in [2.05, 4.69) is 102 Å². The maximum Gasteiger partial charge on any atom is 0.250 e. The largest absolute Gasteiger partial charge is 0.376 e. The monoisotopic (exact) mass is 2000 g/mol. The lowest BCUT2D eigenvalue weighted by Gasteiger charge is -2.37. The number of carbonyl (C=O) groups excluding carboxylic acids is 12. The lowest BCUT2D eigenvalue weighted by molar-refractivity contribution is -0.147. The number of ether oxygens (including phenoxy) is 2. The molecule has 8 heterocycles. The molecule has 139 heavy (non-hydrogen) atoms. The van der Waals surface area contributed by atoms with Crippen molar-refractivity contribution in [1.29, 1.82) is 0 Å². The Morgan fingerprint density at radius 1 is 0.367 bits per heavy atom. The number of likely N-dealkylation sites (tertiary alicyclic amines) is 4. The van der Waals surface area contributed by atoms with Crippen molar-refractivity contribution in [3.8, 4) is 45.0 Å². The Morgan fingerprint density at radius 2 is 0.640 bits per heavy atom. The molecular weight excluding hydrogens is 1880 g/mol. The van der Waals surface area contributed by atoms with E-state index >= 15 is 0 Å². The first-order chi connectivity index (χ1) is 66.7. The van der Waals surface area contributed by atoms with Gasteiger partial charge < -0.3 is 92.9 Å². The predicted octanol–water partition coefficient (Wildman–Crippen LogP) is 9.37. The summed E-state index contributed by atoms with van der Waals surface area (Å²) in [6.45, 7) is 15.6. The van der Waals surface area contributed by atoms with Crippen LogP contribution in [0.15, 0.2) is 146 Å². The third-order valence-corrected chi connectivity index (χ3v) is 28.5. The van der Waals surface area contributed by atoms with E-state index in [0.717, 1.165) is 100 Å². The molecular formula is C96H125ClN24O14S4. The molecule has 43 heteroatoms. The first kappa shape index (κ1) is 107. The van der Waals surface area contributed by atoms with E-state index in [4.69, 9.17) is 21.1 Å². The number of halogens is 1.